The lowest BCUT2D eigenvalue weighted by atomic mass is 9.63. The Morgan fingerprint density at radius 2 is 1.53 bits per heavy atom. The molecule has 2 bridgehead atoms. The maximum Gasteiger partial charge on any atom is 0.274 e. The molecular formula is C26H20BrClN2O4. The highest BCUT2D eigenvalue weighted by molar-refractivity contribution is 9.10. The molecule has 3 fully saturated rings. The molecule has 5 aliphatic rings. The van der Waals surface area contributed by atoms with Crippen molar-refractivity contribution in [1.82, 2.24) is 10.0 Å². The van der Waals surface area contributed by atoms with Crippen LogP contribution in [0.25, 0.3) is 0 Å². The van der Waals surface area contributed by atoms with Crippen molar-refractivity contribution < 1.29 is 19.2 Å². The number of amides is 3. The number of ketones is 1. The lowest BCUT2D eigenvalue weighted by Gasteiger charge is -2.37. The number of hydrazine groups is 1. The van der Waals surface area contributed by atoms with Gasteiger partial charge in [-0.3, -0.25) is 19.2 Å². The molecule has 7 rings (SSSR count). The van der Waals surface area contributed by atoms with Crippen LogP contribution in [0, 0.1) is 35.5 Å². The van der Waals surface area contributed by atoms with Crippen LogP contribution >= 0.6 is 27.5 Å². The Labute approximate surface area is 209 Å². The molecule has 0 radical (unpaired) electrons. The molecular weight excluding hydrogens is 520 g/mol. The zero-order valence-corrected chi connectivity index (χ0v) is 20.3. The van der Waals surface area contributed by atoms with Gasteiger partial charge in [-0.2, -0.15) is 5.01 Å². The fourth-order valence-corrected chi connectivity index (χ4v) is 6.53. The summed E-state index contributed by atoms with van der Waals surface area (Å²) in [5.41, 5.74) is 0.506. The van der Waals surface area contributed by atoms with Crippen LogP contribution in [0.4, 0.5) is 0 Å². The summed E-state index contributed by atoms with van der Waals surface area (Å²) in [5.74, 6) is -1.88. The summed E-state index contributed by atoms with van der Waals surface area (Å²) in [5, 5.41) is 2.13. The van der Waals surface area contributed by atoms with Crippen LogP contribution in [0.15, 0.2) is 65.2 Å². The number of allylic oxidation sites excluding steroid dienone is 2. The van der Waals surface area contributed by atoms with Gasteiger partial charge in [0.05, 0.1) is 22.4 Å². The van der Waals surface area contributed by atoms with Crippen molar-refractivity contribution in [3.8, 4) is 0 Å². The van der Waals surface area contributed by atoms with Crippen LogP contribution in [0.1, 0.15) is 27.1 Å². The van der Waals surface area contributed by atoms with Crippen molar-refractivity contribution >= 4 is 51.0 Å². The lowest BCUT2D eigenvalue weighted by Crippen LogP contribution is -2.52. The largest absolute Gasteiger partial charge is 0.292 e. The van der Waals surface area contributed by atoms with Gasteiger partial charge in [-0.15, -0.1) is 0 Å². The van der Waals surface area contributed by atoms with E-state index < -0.39 is 36.1 Å². The first-order valence-corrected chi connectivity index (χ1v) is 12.4. The summed E-state index contributed by atoms with van der Waals surface area (Å²) in [4.78, 5) is 54.1. The SMILES string of the molecule is O=C(CN(C(=O)c1ccccc1Cl)N1C(=O)[C@@H]2[C@H]3C=C[C@@H]([C@@H]4C[C@@H]34)[C@@H]2C1=O)c1ccc(Br)cc1. The smallest absolute Gasteiger partial charge is 0.274 e. The van der Waals surface area contributed by atoms with Crippen molar-refractivity contribution in [3.05, 3.63) is 81.3 Å². The summed E-state index contributed by atoms with van der Waals surface area (Å²) in [7, 11) is 0. The standard InChI is InChI=1S/C26H20BrClN2O4/c27-14-7-5-13(6-8-14)21(31)12-29(24(32)17-3-1-2-4-20(17)28)30-25(33)22-15-9-10-16(19-11-18(15)19)23(22)26(30)34/h1-10,15-16,18-19,22-23H,11-12H2/t15-,16-,18-,19-,22-,23+/m0/s1. The van der Waals surface area contributed by atoms with E-state index in [9.17, 15) is 19.2 Å². The van der Waals surface area contributed by atoms with E-state index in [4.69, 9.17) is 11.6 Å². The number of carbonyl (C=O) groups excluding carboxylic acids is 4. The molecule has 2 aromatic rings. The van der Waals surface area contributed by atoms with Gasteiger partial charge in [0, 0.05) is 10.0 Å². The van der Waals surface area contributed by atoms with Crippen LogP contribution in [0.2, 0.25) is 5.02 Å². The third-order valence-electron chi connectivity index (χ3n) is 7.68. The molecule has 0 N–H and O–H groups in total. The Morgan fingerprint density at radius 1 is 0.941 bits per heavy atom. The van der Waals surface area contributed by atoms with E-state index in [2.05, 4.69) is 28.1 Å². The molecule has 0 spiro atoms. The van der Waals surface area contributed by atoms with Crippen molar-refractivity contribution in [3.63, 3.8) is 0 Å². The van der Waals surface area contributed by atoms with Gasteiger partial charge < -0.3 is 0 Å². The van der Waals surface area contributed by atoms with E-state index in [1.54, 1.807) is 42.5 Å². The van der Waals surface area contributed by atoms with Crippen LogP contribution in [0.5, 0.6) is 0 Å². The van der Waals surface area contributed by atoms with E-state index >= 15 is 0 Å². The normalized spacial score (nSPS) is 30.2. The quantitative estimate of drug-likeness (QED) is 0.321. The number of imide groups is 1. The van der Waals surface area contributed by atoms with Crippen LogP contribution < -0.4 is 0 Å². The summed E-state index contributed by atoms with van der Waals surface area (Å²) in [6.45, 7) is -0.446. The van der Waals surface area contributed by atoms with Gasteiger partial charge >= 0.3 is 0 Å². The molecule has 1 saturated heterocycles. The summed E-state index contributed by atoms with van der Waals surface area (Å²) in [6.07, 6.45) is 5.18. The minimum Gasteiger partial charge on any atom is -0.292 e. The molecule has 2 aromatic carbocycles. The molecule has 4 aliphatic carbocycles. The monoisotopic (exact) mass is 538 g/mol. The maximum atomic E-state index is 13.7. The fourth-order valence-electron chi connectivity index (χ4n) is 6.05. The highest BCUT2D eigenvalue weighted by Crippen LogP contribution is 2.65. The molecule has 2 saturated carbocycles. The molecule has 1 aliphatic heterocycles. The number of carbonyl (C=O) groups is 4. The highest BCUT2D eigenvalue weighted by Gasteiger charge is 2.68. The Hall–Kier alpha value is -2.77. The number of hydrogen-bond acceptors (Lipinski definition) is 4. The van der Waals surface area contributed by atoms with Crippen molar-refractivity contribution in [2.24, 2.45) is 35.5 Å². The summed E-state index contributed by atoms with van der Waals surface area (Å²) >= 11 is 9.62. The van der Waals surface area contributed by atoms with Crippen molar-refractivity contribution in [1.29, 1.82) is 0 Å². The third kappa shape index (κ3) is 3.21. The van der Waals surface area contributed by atoms with Crippen molar-refractivity contribution in [2.45, 2.75) is 6.42 Å². The number of benzene rings is 2. The Balaban J connectivity index is 1.37. The predicted octanol–water partition coefficient (Wildman–Crippen LogP) is 4.40. The zero-order chi connectivity index (χ0) is 23.7. The van der Waals surface area contributed by atoms with E-state index in [0.29, 0.717) is 17.4 Å². The van der Waals surface area contributed by atoms with Crippen LogP contribution in [0.3, 0.4) is 0 Å². The van der Waals surface area contributed by atoms with Gasteiger partial charge in [0.25, 0.3) is 17.7 Å². The number of hydrogen-bond donors (Lipinski definition) is 0. The average molecular weight is 540 g/mol. The zero-order valence-electron chi connectivity index (χ0n) is 17.9. The van der Waals surface area contributed by atoms with E-state index in [0.717, 1.165) is 20.9 Å². The number of rotatable bonds is 5. The minimum absolute atomic E-state index is 0.0147. The maximum absolute atomic E-state index is 13.7. The van der Waals surface area contributed by atoms with Crippen LogP contribution in [-0.4, -0.2) is 40.1 Å². The van der Waals surface area contributed by atoms with E-state index in [1.165, 1.54) is 6.07 Å². The molecule has 1 heterocycles. The summed E-state index contributed by atoms with van der Waals surface area (Å²) < 4.78 is 0.809. The molecule has 0 aromatic heterocycles. The van der Waals surface area contributed by atoms with Crippen molar-refractivity contribution in [2.75, 3.05) is 6.54 Å². The van der Waals surface area contributed by atoms with E-state index in [1.807, 2.05) is 0 Å². The molecule has 34 heavy (non-hydrogen) atoms. The first-order valence-electron chi connectivity index (χ1n) is 11.3. The lowest BCUT2D eigenvalue weighted by molar-refractivity contribution is -0.154. The van der Waals surface area contributed by atoms with E-state index in [-0.39, 0.29) is 28.2 Å². The van der Waals surface area contributed by atoms with Crippen LogP contribution in [-0.2, 0) is 9.59 Å². The number of nitrogens with zero attached hydrogens (tertiary/aromatic N) is 2. The number of Topliss-reactive ketones (excluding diaryl/α,β-unsaturated/α-hetero) is 1. The van der Waals surface area contributed by atoms with Gasteiger partial charge in [0.2, 0.25) is 0 Å². The minimum atomic E-state index is -0.651. The molecule has 0 unspecified atom stereocenters. The topological polar surface area (TPSA) is 74.8 Å². The molecule has 172 valence electrons. The highest BCUT2D eigenvalue weighted by atomic mass is 79.9. The van der Waals surface area contributed by atoms with Gasteiger partial charge in [0.15, 0.2) is 5.78 Å². The fraction of sp³-hybridized carbons (Fsp3) is 0.308. The second-order valence-electron chi connectivity index (χ2n) is 9.42. The molecule has 6 nitrogen and oxygen atoms in total. The summed E-state index contributed by atoms with van der Waals surface area (Å²) in [6, 6.07) is 13.2. The van der Waals surface area contributed by atoms with Gasteiger partial charge in [-0.05, 0) is 54.4 Å². The molecule has 8 heteroatoms. The first-order chi connectivity index (χ1) is 16.4. The first kappa shape index (κ1) is 21.7. The van der Waals surface area contributed by atoms with Gasteiger partial charge in [0.1, 0.15) is 6.54 Å². The third-order valence-corrected chi connectivity index (χ3v) is 8.54. The Kier molecular flexibility index (Phi) is 5.04. The molecule has 6 atom stereocenters. The van der Waals surface area contributed by atoms with Gasteiger partial charge in [-0.1, -0.05) is 63.9 Å². The molecule has 3 amide bonds. The Morgan fingerprint density at radius 3 is 2.12 bits per heavy atom. The van der Waals surface area contributed by atoms with Gasteiger partial charge in [-0.25, -0.2) is 5.01 Å². The number of halogens is 2. The Bertz CT molecular complexity index is 1240. The predicted molar refractivity (Wildman–Crippen MR) is 128 cm³/mol. The second kappa shape index (κ2) is 7.89. The average Bonchev–Trinajstić information content (AvgIpc) is 3.61. The second-order valence-corrected chi connectivity index (χ2v) is 10.7.